The highest BCUT2D eigenvalue weighted by Crippen LogP contribution is 2.20. The molecule has 1 aromatic rings. The van der Waals surface area contributed by atoms with E-state index in [9.17, 15) is 13.2 Å². The van der Waals surface area contributed by atoms with E-state index in [1.807, 2.05) is 19.9 Å². The average molecular weight is 337 g/mol. The molecule has 126 valence electrons. The highest BCUT2D eigenvalue weighted by molar-refractivity contribution is 7.89. The van der Waals surface area contributed by atoms with E-state index in [0.717, 1.165) is 11.1 Å². The zero-order chi connectivity index (χ0) is 17.0. The number of benzene rings is 1. The molecule has 1 N–H and O–H groups in total. The van der Waals surface area contributed by atoms with Crippen LogP contribution in [0.2, 0.25) is 0 Å². The highest BCUT2D eigenvalue weighted by Gasteiger charge is 2.30. The van der Waals surface area contributed by atoms with Crippen LogP contribution in [0.5, 0.6) is 0 Å². The lowest BCUT2D eigenvalue weighted by atomic mass is 10.1. The lowest BCUT2D eigenvalue weighted by Gasteiger charge is -2.34. The van der Waals surface area contributed by atoms with Gasteiger partial charge in [0.1, 0.15) is 0 Å². The number of urea groups is 1. The fourth-order valence-corrected chi connectivity index (χ4v) is 3.93. The molecule has 0 atom stereocenters. The van der Waals surface area contributed by atoms with Crippen molar-refractivity contribution in [3.8, 4) is 0 Å². The Labute approximate surface area is 137 Å². The maximum absolute atomic E-state index is 12.7. The van der Waals surface area contributed by atoms with Gasteiger partial charge in [-0.2, -0.15) is 4.31 Å². The van der Waals surface area contributed by atoms with Crippen molar-refractivity contribution in [2.24, 2.45) is 0 Å². The van der Waals surface area contributed by atoms with Crippen LogP contribution in [0.4, 0.5) is 4.79 Å². The third kappa shape index (κ3) is 3.92. The van der Waals surface area contributed by atoms with Crippen LogP contribution in [0, 0.1) is 13.8 Å². The summed E-state index contributed by atoms with van der Waals surface area (Å²) in [5.41, 5.74) is 2.01. The summed E-state index contributed by atoms with van der Waals surface area (Å²) >= 11 is 0. The summed E-state index contributed by atoms with van der Waals surface area (Å²) in [6.45, 7) is 9.17. The molecule has 1 saturated heterocycles. The molecule has 23 heavy (non-hydrogen) atoms. The summed E-state index contributed by atoms with van der Waals surface area (Å²) in [6, 6.07) is 4.98. The number of hydrogen-bond donors (Lipinski definition) is 1. The molecule has 1 fully saturated rings. The molecule has 0 spiro atoms. The van der Waals surface area contributed by atoms with Crippen molar-refractivity contribution in [2.75, 3.05) is 32.7 Å². The third-order valence-electron chi connectivity index (χ3n) is 4.04. The molecule has 7 heteroatoms. The van der Waals surface area contributed by atoms with E-state index < -0.39 is 10.0 Å². The van der Waals surface area contributed by atoms with Crippen LogP contribution >= 0.6 is 0 Å². The minimum Gasteiger partial charge on any atom is -0.335 e. The lowest BCUT2D eigenvalue weighted by Crippen LogP contribution is -2.53. The van der Waals surface area contributed by atoms with E-state index in [2.05, 4.69) is 11.9 Å². The number of nitrogens with one attached hydrogen (secondary N) is 1. The Morgan fingerprint density at radius 3 is 2.43 bits per heavy atom. The summed E-state index contributed by atoms with van der Waals surface area (Å²) in [6.07, 6.45) is 1.61. The molecule has 2 rings (SSSR count). The van der Waals surface area contributed by atoms with Crippen molar-refractivity contribution in [3.05, 3.63) is 42.0 Å². The molecule has 1 aliphatic heterocycles. The highest BCUT2D eigenvalue weighted by atomic mass is 32.2. The van der Waals surface area contributed by atoms with Crippen LogP contribution in [0.3, 0.4) is 0 Å². The van der Waals surface area contributed by atoms with Gasteiger partial charge in [-0.15, -0.1) is 6.58 Å². The summed E-state index contributed by atoms with van der Waals surface area (Å²) in [5, 5.41) is 2.70. The molecule has 0 aliphatic carbocycles. The first-order chi connectivity index (χ1) is 10.9. The van der Waals surface area contributed by atoms with Crippen LogP contribution < -0.4 is 5.32 Å². The van der Waals surface area contributed by atoms with Crippen molar-refractivity contribution < 1.29 is 13.2 Å². The fraction of sp³-hybridized carbons (Fsp3) is 0.438. The van der Waals surface area contributed by atoms with Gasteiger partial charge < -0.3 is 10.2 Å². The number of aryl methyl sites for hydroxylation is 2. The smallest absolute Gasteiger partial charge is 0.317 e. The van der Waals surface area contributed by atoms with E-state index in [0.29, 0.717) is 37.6 Å². The van der Waals surface area contributed by atoms with Crippen LogP contribution in [0.1, 0.15) is 11.1 Å². The summed E-state index contributed by atoms with van der Waals surface area (Å²) in [5.74, 6) is 0. The summed E-state index contributed by atoms with van der Waals surface area (Å²) in [4.78, 5) is 13.8. The SMILES string of the molecule is C=CCNC(=O)N1CCN(S(=O)(=O)c2ccc(C)c(C)c2)CC1. The number of sulfonamides is 1. The molecule has 1 aliphatic rings. The van der Waals surface area contributed by atoms with Gasteiger partial charge in [-0.05, 0) is 37.1 Å². The first kappa shape index (κ1) is 17.5. The third-order valence-corrected chi connectivity index (χ3v) is 5.93. The van der Waals surface area contributed by atoms with Crippen molar-refractivity contribution in [2.45, 2.75) is 18.7 Å². The topological polar surface area (TPSA) is 69.7 Å². The van der Waals surface area contributed by atoms with E-state index in [1.54, 1.807) is 23.1 Å². The molecule has 6 nitrogen and oxygen atoms in total. The Hall–Kier alpha value is -1.86. The van der Waals surface area contributed by atoms with Gasteiger partial charge in [0.05, 0.1) is 4.90 Å². The van der Waals surface area contributed by atoms with Gasteiger partial charge in [-0.3, -0.25) is 0 Å². The maximum Gasteiger partial charge on any atom is 0.317 e. The first-order valence-electron chi connectivity index (χ1n) is 7.57. The van der Waals surface area contributed by atoms with E-state index >= 15 is 0 Å². The normalized spacial score (nSPS) is 16.2. The standard InChI is InChI=1S/C16H23N3O3S/c1-4-7-17-16(20)18-8-10-19(11-9-18)23(21,22)15-6-5-13(2)14(3)12-15/h4-6,12H,1,7-11H2,2-3H3,(H,17,20). The Bertz CT molecular complexity index is 693. The second kappa shape index (κ2) is 7.14. The zero-order valence-corrected chi connectivity index (χ0v) is 14.4. The Morgan fingerprint density at radius 1 is 1.22 bits per heavy atom. The van der Waals surface area contributed by atoms with Gasteiger partial charge in [0.25, 0.3) is 0 Å². The van der Waals surface area contributed by atoms with Crippen molar-refractivity contribution in [1.29, 1.82) is 0 Å². The van der Waals surface area contributed by atoms with Gasteiger partial charge in [0.15, 0.2) is 0 Å². The summed E-state index contributed by atoms with van der Waals surface area (Å²) < 4.78 is 26.8. The summed E-state index contributed by atoms with van der Waals surface area (Å²) in [7, 11) is -3.51. The second-order valence-corrected chi connectivity index (χ2v) is 7.55. The number of carbonyl (C=O) groups excluding carboxylic acids is 1. The second-order valence-electron chi connectivity index (χ2n) is 5.61. The number of nitrogens with zero attached hydrogens (tertiary/aromatic N) is 2. The van der Waals surface area contributed by atoms with Gasteiger partial charge >= 0.3 is 6.03 Å². The Morgan fingerprint density at radius 2 is 1.87 bits per heavy atom. The van der Waals surface area contributed by atoms with Gasteiger partial charge in [0, 0.05) is 32.7 Å². The average Bonchev–Trinajstić information content (AvgIpc) is 2.55. The van der Waals surface area contributed by atoms with Crippen molar-refractivity contribution in [3.63, 3.8) is 0 Å². The monoisotopic (exact) mass is 337 g/mol. The van der Waals surface area contributed by atoms with Crippen LogP contribution in [-0.4, -0.2) is 56.4 Å². The van der Waals surface area contributed by atoms with Crippen molar-refractivity contribution >= 4 is 16.1 Å². The largest absolute Gasteiger partial charge is 0.335 e. The number of rotatable bonds is 4. The molecular formula is C16H23N3O3S. The molecule has 0 radical (unpaired) electrons. The van der Waals surface area contributed by atoms with Gasteiger partial charge in [0.2, 0.25) is 10.0 Å². The maximum atomic E-state index is 12.7. The van der Waals surface area contributed by atoms with E-state index in [4.69, 9.17) is 0 Å². The molecule has 0 saturated carbocycles. The minimum atomic E-state index is -3.51. The number of hydrogen-bond acceptors (Lipinski definition) is 3. The molecule has 0 bridgehead atoms. The first-order valence-corrected chi connectivity index (χ1v) is 9.01. The fourth-order valence-electron chi connectivity index (χ4n) is 2.43. The van der Waals surface area contributed by atoms with Gasteiger partial charge in [-0.1, -0.05) is 12.1 Å². The van der Waals surface area contributed by atoms with Crippen LogP contribution in [-0.2, 0) is 10.0 Å². The van der Waals surface area contributed by atoms with Crippen molar-refractivity contribution in [1.82, 2.24) is 14.5 Å². The molecule has 1 heterocycles. The molecule has 0 aromatic heterocycles. The number of piperazine rings is 1. The quantitative estimate of drug-likeness (QED) is 0.847. The minimum absolute atomic E-state index is 0.187. The Balaban J connectivity index is 2.05. The predicted octanol–water partition coefficient (Wildman–Crippen LogP) is 1.51. The zero-order valence-electron chi connectivity index (χ0n) is 13.6. The van der Waals surface area contributed by atoms with Crippen LogP contribution in [0.25, 0.3) is 0 Å². The van der Waals surface area contributed by atoms with E-state index in [-0.39, 0.29) is 6.03 Å². The molecular weight excluding hydrogens is 314 g/mol. The molecule has 2 amide bonds. The van der Waals surface area contributed by atoms with Gasteiger partial charge in [-0.25, -0.2) is 13.2 Å². The molecule has 1 aromatic carbocycles. The lowest BCUT2D eigenvalue weighted by molar-refractivity contribution is 0.173. The Kier molecular flexibility index (Phi) is 5.43. The predicted molar refractivity (Wildman–Crippen MR) is 89.8 cm³/mol. The number of amides is 2. The van der Waals surface area contributed by atoms with E-state index in [1.165, 1.54) is 4.31 Å². The number of carbonyl (C=O) groups is 1. The van der Waals surface area contributed by atoms with Crippen LogP contribution in [0.15, 0.2) is 35.7 Å². The molecule has 0 unspecified atom stereocenters.